The third kappa shape index (κ3) is 2.62. The van der Waals surface area contributed by atoms with Crippen molar-refractivity contribution in [3.05, 3.63) is 41.6 Å². The second-order valence-electron chi connectivity index (χ2n) is 4.02. The lowest BCUT2D eigenvalue weighted by molar-refractivity contribution is 0.1000. The van der Waals surface area contributed by atoms with Gasteiger partial charge in [-0.3, -0.25) is 9.52 Å². The molecule has 0 aliphatic heterocycles. The van der Waals surface area contributed by atoms with Gasteiger partial charge in [0.2, 0.25) is 5.91 Å². The summed E-state index contributed by atoms with van der Waals surface area (Å²) in [4.78, 5) is 17.1. The average Bonchev–Trinajstić information content (AvgIpc) is 2.88. The van der Waals surface area contributed by atoms with E-state index in [4.69, 9.17) is 5.73 Å². The van der Waals surface area contributed by atoms with Gasteiger partial charge in [0.15, 0.2) is 5.03 Å². The van der Waals surface area contributed by atoms with E-state index in [1.54, 1.807) is 0 Å². The number of H-pyrrole nitrogens is 1. The van der Waals surface area contributed by atoms with Crippen LogP contribution in [0.4, 0.5) is 10.1 Å². The van der Waals surface area contributed by atoms with Gasteiger partial charge >= 0.3 is 0 Å². The molecule has 2 rings (SSSR count). The van der Waals surface area contributed by atoms with Crippen molar-refractivity contribution < 1.29 is 17.6 Å². The number of anilines is 1. The van der Waals surface area contributed by atoms with Crippen LogP contribution >= 0.6 is 0 Å². The van der Waals surface area contributed by atoms with Crippen LogP contribution in [0.25, 0.3) is 0 Å². The van der Waals surface area contributed by atoms with E-state index < -0.39 is 21.7 Å². The van der Waals surface area contributed by atoms with Crippen molar-refractivity contribution in [2.45, 2.75) is 11.9 Å². The van der Waals surface area contributed by atoms with Crippen molar-refractivity contribution in [2.24, 2.45) is 5.73 Å². The number of rotatable bonds is 4. The SMILES string of the molecule is Cc1c(F)cc(C(N)=O)cc1NS(=O)(=O)c1cnc[nH]1. The van der Waals surface area contributed by atoms with Crippen LogP contribution in [0.2, 0.25) is 0 Å². The Bertz CT molecular complexity index is 756. The van der Waals surface area contributed by atoms with E-state index in [0.717, 1.165) is 12.3 Å². The largest absolute Gasteiger partial charge is 0.366 e. The summed E-state index contributed by atoms with van der Waals surface area (Å²) in [5, 5.41) is -0.179. The first-order valence-electron chi connectivity index (χ1n) is 5.42. The molecule has 0 saturated carbocycles. The summed E-state index contributed by atoms with van der Waals surface area (Å²) < 4.78 is 39.8. The molecule has 0 aliphatic rings. The Kier molecular flexibility index (Phi) is 3.45. The van der Waals surface area contributed by atoms with Crippen molar-refractivity contribution in [3.63, 3.8) is 0 Å². The number of nitrogens with two attached hydrogens (primary N) is 1. The summed E-state index contributed by atoms with van der Waals surface area (Å²) in [7, 11) is -3.94. The molecule has 0 aliphatic carbocycles. The first kappa shape index (κ1) is 14.0. The molecule has 4 N–H and O–H groups in total. The number of imidazole rings is 1. The second-order valence-corrected chi connectivity index (χ2v) is 5.67. The number of primary amides is 1. The standard InChI is InChI=1S/C11H11FN4O3S/c1-6-8(12)2-7(11(13)17)3-9(6)16-20(18,19)10-4-14-5-15-10/h2-5,16H,1H3,(H2,13,17)(H,14,15). The van der Waals surface area contributed by atoms with Gasteiger partial charge in [-0.15, -0.1) is 0 Å². The van der Waals surface area contributed by atoms with Crippen LogP contribution in [-0.2, 0) is 10.0 Å². The van der Waals surface area contributed by atoms with Crippen molar-refractivity contribution in [2.75, 3.05) is 4.72 Å². The fourth-order valence-electron chi connectivity index (χ4n) is 1.52. The van der Waals surface area contributed by atoms with Crippen LogP contribution in [0, 0.1) is 12.7 Å². The van der Waals surface area contributed by atoms with E-state index in [1.807, 2.05) is 0 Å². The predicted octanol–water partition coefficient (Wildman–Crippen LogP) is 0.757. The highest BCUT2D eigenvalue weighted by Gasteiger charge is 2.19. The summed E-state index contributed by atoms with van der Waals surface area (Å²) in [5.74, 6) is -1.59. The van der Waals surface area contributed by atoms with Crippen LogP contribution in [0.5, 0.6) is 0 Å². The minimum Gasteiger partial charge on any atom is -0.366 e. The number of hydrogen-bond donors (Lipinski definition) is 3. The van der Waals surface area contributed by atoms with Crippen molar-refractivity contribution in [3.8, 4) is 0 Å². The monoisotopic (exact) mass is 298 g/mol. The predicted molar refractivity (Wildman–Crippen MR) is 69.1 cm³/mol. The number of halogens is 1. The highest BCUT2D eigenvalue weighted by Crippen LogP contribution is 2.23. The molecule has 1 heterocycles. The average molecular weight is 298 g/mol. The number of nitrogens with zero attached hydrogens (tertiary/aromatic N) is 1. The number of carbonyl (C=O) groups excluding carboxylic acids is 1. The maximum absolute atomic E-state index is 13.7. The lowest BCUT2D eigenvalue weighted by Gasteiger charge is -2.11. The molecule has 20 heavy (non-hydrogen) atoms. The quantitative estimate of drug-likeness (QED) is 0.772. The topological polar surface area (TPSA) is 118 Å². The minimum atomic E-state index is -3.94. The van der Waals surface area contributed by atoms with Crippen molar-refractivity contribution in [1.29, 1.82) is 0 Å². The van der Waals surface area contributed by atoms with Gasteiger partial charge in [0.25, 0.3) is 10.0 Å². The zero-order valence-corrected chi connectivity index (χ0v) is 11.2. The van der Waals surface area contributed by atoms with E-state index in [2.05, 4.69) is 14.7 Å². The van der Waals surface area contributed by atoms with Gasteiger partial charge in [-0.25, -0.2) is 9.37 Å². The van der Waals surface area contributed by atoms with Crippen LogP contribution in [0.1, 0.15) is 15.9 Å². The Balaban J connectivity index is 2.46. The molecule has 0 bridgehead atoms. The van der Waals surface area contributed by atoms with Crippen molar-refractivity contribution >= 4 is 21.6 Å². The molecule has 1 amide bonds. The van der Waals surface area contributed by atoms with E-state index in [-0.39, 0.29) is 21.8 Å². The van der Waals surface area contributed by atoms with Crippen LogP contribution in [0.3, 0.4) is 0 Å². The third-order valence-electron chi connectivity index (χ3n) is 2.64. The second kappa shape index (κ2) is 4.93. The van der Waals surface area contributed by atoms with Gasteiger partial charge in [0.05, 0.1) is 18.2 Å². The van der Waals surface area contributed by atoms with E-state index in [1.165, 1.54) is 19.3 Å². The Morgan fingerprint density at radius 3 is 2.70 bits per heavy atom. The summed E-state index contributed by atoms with van der Waals surface area (Å²) in [6.07, 6.45) is 2.30. The van der Waals surface area contributed by atoms with E-state index >= 15 is 0 Å². The summed E-state index contributed by atoms with van der Waals surface area (Å²) in [6.45, 7) is 1.38. The maximum Gasteiger partial charge on any atom is 0.278 e. The first-order chi connectivity index (χ1) is 9.31. The van der Waals surface area contributed by atoms with Crippen LogP contribution < -0.4 is 10.5 Å². The molecular formula is C11H11FN4O3S. The number of hydrogen-bond acceptors (Lipinski definition) is 4. The zero-order valence-electron chi connectivity index (χ0n) is 10.3. The molecule has 2 aromatic rings. The van der Waals surface area contributed by atoms with Gasteiger partial charge in [-0.2, -0.15) is 8.42 Å². The smallest absolute Gasteiger partial charge is 0.278 e. The Labute approximate surface area is 114 Å². The van der Waals surface area contributed by atoms with E-state index in [0.29, 0.717) is 0 Å². The summed E-state index contributed by atoms with van der Waals surface area (Å²) in [6, 6.07) is 2.13. The highest BCUT2D eigenvalue weighted by atomic mass is 32.2. The number of nitrogens with one attached hydrogen (secondary N) is 2. The minimum absolute atomic E-state index is 0.0538. The fraction of sp³-hybridized carbons (Fsp3) is 0.0909. The third-order valence-corrected chi connectivity index (χ3v) is 3.93. The Morgan fingerprint density at radius 2 is 2.15 bits per heavy atom. The molecule has 106 valence electrons. The van der Waals surface area contributed by atoms with Crippen LogP contribution in [-0.4, -0.2) is 24.3 Å². The molecule has 1 aromatic heterocycles. The van der Waals surface area contributed by atoms with Crippen molar-refractivity contribution in [1.82, 2.24) is 9.97 Å². The molecule has 0 atom stereocenters. The number of aromatic amines is 1. The number of sulfonamides is 1. The molecule has 0 unspecified atom stereocenters. The molecule has 0 spiro atoms. The molecule has 0 fully saturated rings. The van der Waals surface area contributed by atoms with Gasteiger partial charge in [0.1, 0.15) is 5.82 Å². The lowest BCUT2D eigenvalue weighted by atomic mass is 10.1. The van der Waals surface area contributed by atoms with Gasteiger partial charge < -0.3 is 10.7 Å². The Hall–Kier alpha value is -2.42. The molecule has 9 heteroatoms. The normalized spacial score (nSPS) is 11.3. The zero-order chi connectivity index (χ0) is 14.9. The van der Waals surface area contributed by atoms with Crippen LogP contribution in [0.15, 0.2) is 29.7 Å². The van der Waals surface area contributed by atoms with Gasteiger partial charge in [-0.05, 0) is 19.1 Å². The van der Waals surface area contributed by atoms with E-state index in [9.17, 15) is 17.6 Å². The fourth-order valence-corrected chi connectivity index (χ4v) is 2.54. The molecule has 1 aromatic carbocycles. The first-order valence-corrected chi connectivity index (χ1v) is 6.90. The van der Waals surface area contributed by atoms with Gasteiger partial charge in [-0.1, -0.05) is 0 Å². The lowest BCUT2D eigenvalue weighted by Crippen LogP contribution is -2.17. The molecule has 7 nitrogen and oxygen atoms in total. The summed E-state index contributed by atoms with van der Waals surface area (Å²) in [5.41, 5.74) is 4.92. The number of benzene rings is 1. The maximum atomic E-state index is 13.7. The Morgan fingerprint density at radius 1 is 1.45 bits per heavy atom. The number of amides is 1. The summed E-state index contributed by atoms with van der Waals surface area (Å²) >= 11 is 0. The molecule has 0 radical (unpaired) electrons. The number of carbonyl (C=O) groups is 1. The number of aromatic nitrogens is 2. The molecular weight excluding hydrogens is 287 g/mol. The highest BCUT2D eigenvalue weighted by molar-refractivity contribution is 7.92. The molecule has 0 saturated heterocycles. The van der Waals surface area contributed by atoms with Gasteiger partial charge in [0, 0.05) is 11.1 Å².